The minimum Gasteiger partial charge on any atom is -0.327 e. The summed E-state index contributed by atoms with van der Waals surface area (Å²) in [6, 6.07) is 4.70. The van der Waals surface area contributed by atoms with Crippen molar-refractivity contribution in [1.29, 1.82) is 0 Å². The third-order valence-corrected chi connectivity index (χ3v) is 3.65. The third kappa shape index (κ3) is 1.94. The Morgan fingerprint density at radius 3 is 3.06 bits per heavy atom. The van der Waals surface area contributed by atoms with Crippen molar-refractivity contribution < 1.29 is 0 Å². The van der Waals surface area contributed by atoms with E-state index in [1.54, 1.807) is 0 Å². The molecule has 2 heterocycles. The van der Waals surface area contributed by atoms with Crippen LogP contribution in [0.2, 0.25) is 0 Å². The Bertz CT molecular complexity index is 531. The summed E-state index contributed by atoms with van der Waals surface area (Å²) in [6.45, 7) is 4.12. The zero-order chi connectivity index (χ0) is 11.8. The molecule has 90 valence electrons. The number of piperidine rings is 1. The molecule has 4 nitrogen and oxygen atoms in total. The summed E-state index contributed by atoms with van der Waals surface area (Å²) in [5, 5.41) is 11.7. The van der Waals surface area contributed by atoms with Crippen LogP contribution in [0.25, 0.3) is 10.9 Å². The highest BCUT2D eigenvalue weighted by Crippen LogP contribution is 2.28. The van der Waals surface area contributed by atoms with Gasteiger partial charge in [-0.25, -0.2) is 0 Å². The van der Waals surface area contributed by atoms with Crippen LogP contribution in [0.3, 0.4) is 0 Å². The number of H-pyrrole nitrogens is 1. The molecule has 17 heavy (non-hydrogen) atoms. The van der Waals surface area contributed by atoms with Gasteiger partial charge in [-0.3, -0.25) is 5.10 Å². The van der Waals surface area contributed by atoms with Gasteiger partial charge in [-0.15, -0.1) is 0 Å². The van der Waals surface area contributed by atoms with Crippen LogP contribution in [-0.2, 0) is 0 Å². The van der Waals surface area contributed by atoms with Crippen LogP contribution < -0.4 is 11.1 Å². The molecule has 1 saturated heterocycles. The summed E-state index contributed by atoms with van der Waals surface area (Å²) < 4.78 is 0. The topological polar surface area (TPSA) is 66.7 Å². The molecule has 0 saturated carbocycles. The van der Waals surface area contributed by atoms with Gasteiger partial charge in [0, 0.05) is 24.5 Å². The number of rotatable bonds is 1. The van der Waals surface area contributed by atoms with Crippen molar-refractivity contribution in [2.45, 2.75) is 25.3 Å². The number of hydrogen-bond acceptors (Lipinski definition) is 3. The first kappa shape index (κ1) is 10.7. The molecule has 1 fully saturated rings. The SMILES string of the molecule is Cc1cc2cn[nH]c2cc1C1CNCC(N)C1. The van der Waals surface area contributed by atoms with Crippen molar-refractivity contribution in [3.63, 3.8) is 0 Å². The Balaban J connectivity index is 2.00. The molecule has 4 N–H and O–H groups in total. The molecular formula is C13H18N4. The maximum Gasteiger partial charge on any atom is 0.0653 e. The maximum absolute atomic E-state index is 6.02. The van der Waals surface area contributed by atoms with Crippen molar-refractivity contribution in [3.05, 3.63) is 29.5 Å². The van der Waals surface area contributed by atoms with Crippen LogP contribution >= 0.6 is 0 Å². The predicted molar refractivity (Wildman–Crippen MR) is 69.0 cm³/mol. The molecule has 0 bridgehead atoms. The molecular weight excluding hydrogens is 212 g/mol. The molecule has 1 aliphatic rings. The summed E-state index contributed by atoms with van der Waals surface area (Å²) in [5.41, 5.74) is 9.86. The first-order valence-corrected chi connectivity index (χ1v) is 6.14. The van der Waals surface area contributed by atoms with Crippen LogP contribution in [0.15, 0.2) is 18.3 Å². The number of aromatic nitrogens is 2. The number of hydrogen-bond donors (Lipinski definition) is 3. The van der Waals surface area contributed by atoms with Gasteiger partial charge in [0.15, 0.2) is 0 Å². The summed E-state index contributed by atoms with van der Waals surface area (Å²) in [7, 11) is 0. The molecule has 0 spiro atoms. The molecule has 0 amide bonds. The highest BCUT2D eigenvalue weighted by atomic mass is 15.1. The van der Waals surface area contributed by atoms with E-state index < -0.39 is 0 Å². The molecule has 4 heteroatoms. The molecule has 1 aromatic carbocycles. The van der Waals surface area contributed by atoms with Gasteiger partial charge in [-0.1, -0.05) is 0 Å². The first-order valence-electron chi connectivity index (χ1n) is 6.14. The Kier molecular flexibility index (Phi) is 2.61. The van der Waals surface area contributed by atoms with Gasteiger partial charge in [0.1, 0.15) is 0 Å². The van der Waals surface area contributed by atoms with Crippen molar-refractivity contribution >= 4 is 10.9 Å². The average Bonchev–Trinajstić information content (AvgIpc) is 2.75. The second-order valence-electron chi connectivity index (χ2n) is 5.02. The zero-order valence-electron chi connectivity index (χ0n) is 10.0. The standard InChI is InChI=1S/C13H18N4/c1-8-2-10-6-16-17-13(10)4-12(8)9-3-11(14)7-15-5-9/h2,4,6,9,11,15H,3,5,7,14H2,1H3,(H,16,17). The fraction of sp³-hybridized carbons (Fsp3) is 0.462. The lowest BCUT2D eigenvalue weighted by Crippen LogP contribution is -2.43. The zero-order valence-corrected chi connectivity index (χ0v) is 10.0. The molecule has 1 aromatic heterocycles. The molecule has 2 unspecified atom stereocenters. The van der Waals surface area contributed by atoms with E-state index in [1.165, 1.54) is 16.5 Å². The Morgan fingerprint density at radius 1 is 1.35 bits per heavy atom. The van der Waals surface area contributed by atoms with E-state index in [4.69, 9.17) is 5.73 Å². The van der Waals surface area contributed by atoms with E-state index >= 15 is 0 Å². The summed E-state index contributed by atoms with van der Waals surface area (Å²) >= 11 is 0. The highest BCUT2D eigenvalue weighted by Gasteiger charge is 2.22. The van der Waals surface area contributed by atoms with Gasteiger partial charge in [0.2, 0.25) is 0 Å². The molecule has 3 rings (SSSR count). The predicted octanol–water partition coefficient (Wildman–Crippen LogP) is 1.28. The largest absolute Gasteiger partial charge is 0.327 e. The van der Waals surface area contributed by atoms with Gasteiger partial charge in [0.25, 0.3) is 0 Å². The van der Waals surface area contributed by atoms with Crippen LogP contribution in [0.4, 0.5) is 0 Å². The molecule has 0 aliphatic carbocycles. The number of nitrogens with zero attached hydrogens (tertiary/aromatic N) is 1. The van der Waals surface area contributed by atoms with Crippen LogP contribution in [0.5, 0.6) is 0 Å². The van der Waals surface area contributed by atoms with Crippen LogP contribution in [0.1, 0.15) is 23.5 Å². The third-order valence-electron chi connectivity index (χ3n) is 3.65. The lowest BCUT2D eigenvalue weighted by molar-refractivity contribution is 0.411. The number of benzene rings is 1. The fourth-order valence-corrected chi connectivity index (χ4v) is 2.77. The van der Waals surface area contributed by atoms with E-state index in [9.17, 15) is 0 Å². The quantitative estimate of drug-likeness (QED) is 0.691. The first-order chi connectivity index (χ1) is 8.24. The van der Waals surface area contributed by atoms with E-state index in [2.05, 4.69) is 34.6 Å². The van der Waals surface area contributed by atoms with Crippen LogP contribution in [0, 0.1) is 6.92 Å². The summed E-state index contributed by atoms with van der Waals surface area (Å²) in [5.74, 6) is 0.520. The maximum atomic E-state index is 6.02. The van der Waals surface area contributed by atoms with Crippen molar-refractivity contribution in [1.82, 2.24) is 15.5 Å². The van der Waals surface area contributed by atoms with E-state index in [-0.39, 0.29) is 6.04 Å². The number of fused-ring (bicyclic) bond motifs is 1. The van der Waals surface area contributed by atoms with Gasteiger partial charge in [-0.2, -0.15) is 5.10 Å². The lowest BCUT2D eigenvalue weighted by atomic mass is 9.86. The summed E-state index contributed by atoms with van der Waals surface area (Å²) in [4.78, 5) is 0. The van der Waals surface area contributed by atoms with Crippen molar-refractivity contribution in [2.75, 3.05) is 13.1 Å². The average molecular weight is 230 g/mol. The molecule has 2 aromatic rings. The number of aryl methyl sites for hydroxylation is 1. The molecule has 1 aliphatic heterocycles. The molecule has 0 radical (unpaired) electrons. The monoisotopic (exact) mass is 230 g/mol. The smallest absolute Gasteiger partial charge is 0.0653 e. The van der Waals surface area contributed by atoms with E-state index in [0.29, 0.717) is 5.92 Å². The van der Waals surface area contributed by atoms with Gasteiger partial charge < -0.3 is 11.1 Å². The fourth-order valence-electron chi connectivity index (χ4n) is 2.77. The van der Waals surface area contributed by atoms with Crippen molar-refractivity contribution in [3.8, 4) is 0 Å². The Labute approximate surface area is 101 Å². The van der Waals surface area contributed by atoms with E-state index in [1.807, 2.05) is 6.20 Å². The Hall–Kier alpha value is -1.39. The normalized spacial score (nSPS) is 25.3. The number of nitrogens with one attached hydrogen (secondary N) is 2. The van der Waals surface area contributed by atoms with E-state index in [0.717, 1.165) is 25.0 Å². The summed E-state index contributed by atoms with van der Waals surface area (Å²) in [6.07, 6.45) is 2.93. The van der Waals surface area contributed by atoms with Gasteiger partial charge in [0.05, 0.1) is 11.7 Å². The lowest BCUT2D eigenvalue weighted by Gasteiger charge is -2.29. The minimum absolute atomic E-state index is 0.269. The molecule has 2 atom stereocenters. The van der Waals surface area contributed by atoms with Gasteiger partial charge >= 0.3 is 0 Å². The second-order valence-corrected chi connectivity index (χ2v) is 5.02. The number of aromatic amines is 1. The van der Waals surface area contributed by atoms with Gasteiger partial charge in [-0.05, 0) is 42.5 Å². The highest BCUT2D eigenvalue weighted by molar-refractivity contribution is 5.79. The minimum atomic E-state index is 0.269. The van der Waals surface area contributed by atoms with Crippen molar-refractivity contribution in [2.24, 2.45) is 5.73 Å². The second kappa shape index (κ2) is 4.13. The number of nitrogens with two attached hydrogens (primary N) is 1. The van der Waals surface area contributed by atoms with Crippen LogP contribution in [-0.4, -0.2) is 29.3 Å². The Morgan fingerprint density at radius 2 is 2.24 bits per heavy atom.